The molecule has 0 unspecified atom stereocenters. The summed E-state index contributed by atoms with van der Waals surface area (Å²) >= 11 is 0. The van der Waals surface area contributed by atoms with E-state index in [2.05, 4.69) is 22.5 Å². The third-order valence-electron chi connectivity index (χ3n) is 5.25. The van der Waals surface area contributed by atoms with Crippen LogP contribution in [0.4, 0.5) is 0 Å². The topological polar surface area (TPSA) is 76.3 Å². The molecule has 1 N–H and O–H groups in total. The summed E-state index contributed by atoms with van der Waals surface area (Å²) in [5.74, 6) is -0.447. The van der Waals surface area contributed by atoms with Crippen LogP contribution in [-0.2, 0) is 6.54 Å². The third-order valence-corrected chi connectivity index (χ3v) is 5.25. The molecule has 0 saturated heterocycles. The van der Waals surface area contributed by atoms with Crippen molar-refractivity contribution in [1.82, 2.24) is 15.2 Å². The molecule has 0 bridgehead atoms. The number of benzene rings is 3. The van der Waals surface area contributed by atoms with Crippen LogP contribution in [0.3, 0.4) is 0 Å². The summed E-state index contributed by atoms with van der Waals surface area (Å²) in [6.07, 6.45) is 4.50. The fourth-order valence-electron chi connectivity index (χ4n) is 3.64. The lowest BCUT2D eigenvalue weighted by Crippen LogP contribution is -2.29. The van der Waals surface area contributed by atoms with Crippen molar-refractivity contribution in [3.05, 3.63) is 88.3 Å². The van der Waals surface area contributed by atoms with E-state index in [4.69, 9.17) is 0 Å². The maximum Gasteiger partial charge on any atom is 0.292 e. The highest BCUT2D eigenvalue weighted by atomic mass is 16.2. The Morgan fingerprint density at radius 2 is 1.68 bits per heavy atom. The largest absolute Gasteiger partial charge is 0.292 e. The van der Waals surface area contributed by atoms with E-state index >= 15 is 0 Å². The smallest absolute Gasteiger partial charge is 0.267 e. The lowest BCUT2D eigenvalue weighted by Gasteiger charge is -2.10. The van der Waals surface area contributed by atoms with Crippen molar-refractivity contribution in [3.8, 4) is 0 Å². The molecule has 6 heteroatoms. The molecule has 1 heterocycles. The number of nitrogens with one attached hydrogen (secondary N) is 1. The molecule has 0 saturated carbocycles. The zero-order chi connectivity index (χ0) is 21.6. The molecule has 4 rings (SSSR count). The van der Waals surface area contributed by atoms with Crippen LogP contribution in [-0.4, -0.2) is 21.9 Å². The molecule has 0 aliphatic rings. The number of rotatable bonds is 7. The summed E-state index contributed by atoms with van der Waals surface area (Å²) in [6, 6.07) is 21.0. The quantitative estimate of drug-likeness (QED) is 0.276. The van der Waals surface area contributed by atoms with Gasteiger partial charge in [-0.25, -0.2) is 10.1 Å². The minimum absolute atomic E-state index is 0.178. The molecule has 4 aromatic rings. The number of hydrazone groups is 1. The molecule has 0 atom stereocenters. The van der Waals surface area contributed by atoms with E-state index in [1.165, 1.54) is 4.68 Å². The molecule has 0 aliphatic heterocycles. The van der Waals surface area contributed by atoms with Gasteiger partial charge in [0.25, 0.3) is 11.5 Å². The molecule has 31 heavy (non-hydrogen) atoms. The van der Waals surface area contributed by atoms with Gasteiger partial charge in [-0.2, -0.15) is 10.2 Å². The van der Waals surface area contributed by atoms with Crippen LogP contribution < -0.4 is 11.0 Å². The molecule has 1 aromatic heterocycles. The van der Waals surface area contributed by atoms with E-state index in [1.54, 1.807) is 30.5 Å². The van der Waals surface area contributed by atoms with Crippen LogP contribution in [0.2, 0.25) is 0 Å². The van der Waals surface area contributed by atoms with E-state index in [1.807, 2.05) is 42.5 Å². The molecular weight excluding hydrogens is 388 g/mol. The standard InChI is InChI=1S/C25H24N4O2/c1-2-3-8-16-29-25(31)22-15-7-6-14-21(22)23(28-29)24(30)27-26-17-19-12-9-11-18-10-4-5-13-20(18)19/h4-7,9-15,17H,2-3,8,16H2,1H3,(H,27,30)/b26-17-. The number of carbonyl (C=O) groups excluding carboxylic acids is 1. The Morgan fingerprint density at radius 3 is 2.48 bits per heavy atom. The molecule has 0 radical (unpaired) electrons. The van der Waals surface area contributed by atoms with Gasteiger partial charge in [0.05, 0.1) is 11.6 Å². The first-order chi connectivity index (χ1) is 15.2. The first-order valence-corrected chi connectivity index (χ1v) is 10.5. The second-order valence-electron chi connectivity index (χ2n) is 7.40. The van der Waals surface area contributed by atoms with Gasteiger partial charge in [-0.05, 0) is 23.3 Å². The van der Waals surface area contributed by atoms with Gasteiger partial charge in [-0.15, -0.1) is 0 Å². The number of amides is 1. The average Bonchev–Trinajstić information content (AvgIpc) is 2.81. The number of unbranched alkanes of at least 4 members (excludes halogenated alkanes) is 2. The molecule has 0 spiro atoms. The van der Waals surface area contributed by atoms with E-state index in [0.717, 1.165) is 35.6 Å². The monoisotopic (exact) mass is 412 g/mol. The van der Waals surface area contributed by atoms with Crippen LogP contribution in [0.5, 0.6) is 0 Å². The van der Waals surface area contributed by atoms with E-state index in [-0.39, 0.29) is 11.3 Å². The van der Waals surface area contributed by atoms with Crippen molar-refractivity contribution in [2.75, 3.05) is 0 Å². The van der Waals surface area contributed by atoms with Gasteiger partial charge in [-0.3, -0.25) is 9.59 Å². The Kier molecular flexibility index (Phi) is 6.17. The fraction of sp³-hybridized carbons (Fsp3) is 0.200. The van der Waals surface area contributed by atoms with Gasteiger partial charge >= 0.3 is 0 Å². The maximum absolute atomic E-state index is 12.9. The normalized spacial score (nSPS) is 11.4. The van der Waals surface area contributed by atoms with Gasteiger partial charge < -0.3 is 0 Å². The first kappa shape index (κ1) is 20.5. The number of aryl methyl sites for hydroxylation is 1. The highest BCUT2D eigenvalue weighted by Crippen LogP contribution is 2.17. The van der Waals surface area contributed by atoms with E-state index in [0.29, 0.717) is 17.3 Å². The van der Waals surface area contributed by atoms with Gasteiger partial charge in [-0.1, -0.05) is 80.4 Å². The molecule has 0 fully saturated rings. The minimum atomic E-state index is -0.447. The van der Waals surface area contributed by atoms with Crippen LogP contribution in [0, 0.1) is 0 Å². The van der Waals surface area contributed by atoms with Gasteiger partial charge in [0.2, 0.25) is 0 Å². The molecule has 156 valence electrons. The predicted octanol–water partition coefficient (Wildman–Crippen LogP) is 4.50. The SMILES string of the molecule is CCCCCn1nc(C(=O)N/N=C\c2cccc3ccccc23)c2ccccc2c1=O. The summed E-state index contributed by atoms with van der Waals surface area (Å²) in [4.78, 5) is 25.7. The van der Waals surface area contributed by atoms with E-state index < -0.39 is 5.91 Å². The highest BCUT2D eigenvalue weighted by Gasteiger charge is 2.16. The van der Waals surface area contributed by atoms with Gasteiger partial charge in [0.1, 0.15) is 0 Å². The fourth-order valence-corrected chi connectivity index (χ4v) is 3.64. The summed E-state index contributed by atoms with van der Waals surface area (Å²) in [7, 11) is 0. The summed E-state index contributed by atoms with van der Waals surface area (Å²) < 4.78 is 1.39. The Morgan fingerprint density at radius 1 is 0.968 bits per heavy atom. The Balaban J connectivity index is 1.63. The molecule has 0 aliphatic carbocycles. The minimum Gasteiger partial charge on any atom is -0.267 e. The number of fused-ring (bicyclic) bond motifs is 2. The van der Waals surface area contributed by atoms with Crippen LogP contribution in [0.15, 0.2) is 76.6 Å². The summed E-state index contributed by atoms with van der Waals surface area (Å²) in [5.41, 5.74) is 3.49. The number of carbonyl (C=O) groups is 1. The Bertz CT molecular complexity index is 1320. The summed E-state index contributed by atoms with van der Waals surface area (Å²) in [6.45, 7) is 2.58. The number of hydrogen-bond donors (Lipinski definition) is 1. The predicted molar refractivity (Wildman–Crippen MR) is 125 cm³/mol. The van der Waals surface area contributed by atoms with Crippen molar-refractivity contribution in [3.63, 3.8) is 0 Å². The lowest BCUT2D eigenvalue weighted by molar-refractivity contribution is 0.0949. The van der Waals surface area contributed by atoms with Crippen molar-refractivity contribution in [2.24, 2.45) is 5.10 Å². The average molecular weight is 412 g/mol. The number of nitrogens with zero attached hydrogens (tertiary/aromatic N) is 3. The van der Waals surface area contributed by atoms with E-state index in [9.17, 15) is 9.59 Å². The van der Waals surface area contributed by atoms with Crippen LogP contribution in [0.1, 0.15) is 42.2 Å². The molecular formula is C25H24N4O2. The van der Waals surface area contributed by atoms with Crippen LogP contribution >= 0.6 is 0 Å². The lowest BCUT2D eigenvalue weighted by atomic mass is 10.1. The van der Waals surface area contributed by atoms with Crippen molar-refractivity contribution >= 4 is 33.7 Å². The first-order valence-electron chi connectivity index (χ1n) is 10.5. The Hall–Kier alpha value is -3.80. The molecule has 3 aromatic carbocycles. The number of hydrogen-bond acceptors (Lipinski definition) is 4. The van der Waals surface area contributed by atoms with Crippen LogP contribution in [0.25, 0.3) is 21.5 Å². The highest BCUT2D eigenvalue weighted by molar-refractivity contribution is 6.05. The Labute approximate surface area is 180 Å². The number of aromatic nitrogens is 2. The summed E-state index contributed by atoms with van der Waals surface area (Å²) in [5, 5.41) is 11.7. The van der Waals surface area contributed by atoms with Crippen molar-refractivity contribution in [1.29, 1.82) is 0 Å². The van der Waals surface area contributed by atoms with Crippen molar-refractivity contribution < 1.29 is 4.79 Å². The zero-order valence-corrected chi connectivity index (χ0v) is 17.4. The van der Waals surface area contributed by atoms with Gasteiger partial charge in [0, 0.05) is 17.5 Å². The maximum atomic E-state index is 12.9. The second-order valence-corrected chi connectivity index (χ2v) is 7.40. The second kappa shape index (κ2) is 9.34. The third kappa shape index (κ3) is 4.38. The molecule has 1 amide bonds. The van der Waals surface area contributed by atoms with Crippen molar-refractivity contribution in [2.45, 2.75) is 32.7 Å². The zero-order valence-electron chi connectivity index (χ0n) is 17.4. The van der Waals surface area contributed by atoms with Gasteiger partial charge in [0.15, 0.2) is 5.69 Å². The molecule has 6 nitrogen and oxygen atoms in total.